The Morgan fingerprint density at radius 3 is 2.63 bits per heavy atom. The Kier molecular flexibility index (Phi) is 5.50. The van der Waals surface area contributed by atoms with Crippen molar-refractivity contribution in [2.45, 2.75) is 26.4 Å². The van der Waals surface area contributed by atoms with Gasteiger partial charge in [0.15, 0.2) is 0 Å². The van der Waals surface area contributed by atoms with Crippen molar-refractivity contribution in [1.29, 1.82) is 0 Å². The van der Waals surface area contributed by atoms with Gasteiger partial charge in [0, 0.05) is 17.5 Å². The molecule has 0 aliphatic heterocycles. The van der Waals surface area contributed by atoms with E-state index in [1.165, 1.54) is 11.3 Å². The zero-order valence-corrected chi connectivity index (χ0v) is 12.2. The normalized spacial score (nSPS) is 13.9. The lowest BCUT2D eigenvalue weighted by molar-refractivity contribution is -0.121. The van der Waals surface area contributed by atoms with Crippen LogP contribution in [0.5, 0.6) is 0 Å². The van der Waals surface area contributed by atoms with E-state index in [-0.39, 0.29) is 30.8 Å². The van der Waals surface area contributed by atoms with Crippen LogP contribution in [-0.4, -0.2) is 35.6 Å². The van der Waals surface area contributed by atoms with Gasteiger partial charge in [-0.05, 0) is 24.3 Å². The van der Waals surface area contributed by atoms with Crippen molar-refractivity contribution in [2.24, 2.45) is 5.92 Å². The Balaban J connectivity index is 2.31. The molecule has 0 spiro atoms. The maximum atomic E-state index is 11.6. The summed E-state index contributed by atoms with van der Waals surface area (Å²) in [4.78, 5) is 23.1. The zero-order valence-electron chi connectivity index (χ0n) is 11.4. The molecule has 2 amide bonds. The Labute approximate surface area is 117 Å². The molecule has 5 nitrogen and oxygen atoms in total. The molecule has 0 aliphatic rings. The summed E-state index contributed by atoms with van der Waals surface area (Å²) in [5.74, 6) is -0.551. The number of carbonyl (C=O) groups is 2. The van der Waals surface area contributed by atoms with Gasteiger partial charge in [0.2, 0.25) is 5.91 Å². The molecule has 1 aromatic rings. The molecule has 0 radical (unpaired) electrons. The Morgan fingerprint density at radius 2 is 2.11 bits per heavy atom. The highest BCUT2D eigenvalue weighted by molar-refractivity contribution is 7.08. The zero-order chi connectivity index (χ0) is 14.5. The van der Waals surface area contributed by atoms with E-state index in [4.69, 9.17) is 0 Å². The number of rotatable bonds is 6. The quantitative estimate of drug-likeness (QED) is 0.729. The van der Waals surface area contributed by atoms with Crippen LogP contribution in [0, 0.1) is 5.92 Å². The predicted molar refractivity (Wildman–Crippen MR) is 75.1 cm³/mol. The number of hydrogen-bond donors (Lipinski definition) is 3. The van der Waals surface area contributed by atoms with E-state index in [0.717, 1.165) is 0 Å². The van der Waals surface area contributed by atoms with E-state index in [0.29, 0.717) is 5.56 Å². The summed E-state index contributed by atoms with van der Waals surface area (Å²) >= 11 is 1.42. The number of aliphatic hydroxyl groups is 1. The second kappa shape index (κ2) is 6.68. The van der Waals surface area contributed by atoms with E-state index in [1.807, 2.05) is 13.8 Å². The molecule has 19 heavy (non-hydrogen) atoms. The Hall–Kier alpha value is -1.40. The Bertz CT molecular complexity index is 427. The van der Waals surface area contributed by atoms with E-state index >= 15 is 0 Å². The molecule has 0 aliphatic carbocycles. The molecule has 6 heteroatoms. The molecule has 1 rings (SSSR count). The van der Waals surface area contributed by atoms with Crippen molar-refractivity contribution in [3.05, 3.63) is 22.4 Å². The molecule has 3 N–H and O–H groups in total. The van der Waals surface area contributed by atoms with E-state index in [1.54, 1.807) is 23.8 Å². The third-order valence-corrected chi connectivity index (χ3v) is 3.76. The first-order valence-corrected chi connectivity index (χ1v) is 7.06. The van der Waals surface area contributed by atoms with Gasteiger partial charge in [-0.1, -0.05) is 13.8 Å². The summed E-state index contributed by atoms with van der Waals surface area (Å²) in [6, 6.07) is 1.70. The van der Waals surface area contributed by atoms with E-state index in [2.05, 4.69) is 10.6 Å². The first kappa shape index (κ1) is 15.7. The number of thiophene rings is 1. The second-order valence-electron chi connectivity index (χ2n) is 4.98. The molecule has 1 aromatic heterocycles. The average molecular weight is 284 g/mol. The van der Waals surface area contributed by atoms with E-state index in [9.17, 15) is 14.7 Å². The van der Waals surface area contributed by atoms with Crippen molar-refractivity contribution in [3.8, 4) is 0 Å². The highest BCUT2D eigenvalue weighted by Gasteiger charge is 2.25. The summed E-state index contributed by atoms with van der Waals surface area (Å²) in [6.07, 6.45) is 0. The van der Waals surface area contributed by atoms with Gasteiger partial charge in [-0.3, -0.25) is 9.59 Å². The van der Waals surface area contributed by atoms with Gasteiger partial charge in [0.25, 0.3) is 5.91 Å². The molecule has 0 saturated carbocycles. The molecule has 0 bridgehead atoms. The maximum Gasteiger partial charge on any atom is 0.252 e. The fraction of sp³-hybridized carbons (Fsp3) is 0.538. The number of carbonyl (C=O) groups excluding carboxylic acids is 2. The third-order valence-electron chi connectivity index (χ3n) is 3.08. The minimum absolute atomic E-state index is 0.0354. The molecular formula is C13H20N2O3S. The Morgan fingerprint density at radius 1 is 1.42 bits per heavy atom. The van der Waals surface area contributed by atoms with Gasteiger partial charge in [0.05, 0.1) is 12.1 Å². The van der Waals surface area contributed by atoms with Crippen LogP contribution in [0.15, 0.2) is 16.8 Å². The van der Waals surface area contributed by atoms with Crippen molar-refractivity contribution in [3.63, 3.8) is 0 Å². The van der Waals surface area contributed by atoms with E-state index < -0.39 is 5.60 Å². The highest BCUT2D eigenvalue weighted by Crippen LogP contribution is 2.14. The minimum atomic E-state index is -0.951. The summed E-state index contributed by atoms with van der Waals surface area (Å²) in [5.41, 5.74) is -0.403. The van der Waals surface area contributed by atoms with Crippen molar-refractivity contribution in [2.75, 3.05) is 13.1 Å². The van der Waals surface area contributed by atoms with Crippen molar-refractivity contribution >= 4 is 23.2 Å². The standard InChI is InChI=1S/C13H20N2O3S/c1-9(2)13(3,18)8-15-11(16)6-14-12(17)10-4-5-19-7-10/h4-5,7,9,18H,6,8H2,1-3H3,(H,14,17)(H,15,16). The molecule has 1 unspecified atom stereocenters. The molecule has 1 heterocycles. The predicted octanol–water partition coefficient (Wildman–Crippen LogP) is 1.00. The summed E-state index contributed by atoms with van der Waals surface area (Å²) in [6.45, 7) is 5.50. The highest BCUT2D eigenvalue weighted by atomic mass is 32.1. The number of amides is 2. The molecule has 0 fully saturated rings. The first-order valence-electron chi connectivity index (χ1n) is 6.12. The van der Waals surface area contributed by atoms with Gasteiger partial charge < -0.3 is 15.7 Å². The lowest BCUT2D eigenvalue weighted by Gasteiger charge is -2.27. The van der Waals surface area contributed by atoms with Crippen LogP contribution in [-0.2, 0) is 4.79 Å². The largest absolute Gasteiger partial charge is 0.388 e. The van der Waals surface area contributed by atoms with Crippen molar-refractivity contribution < 1.29 is 14.7 Å². The van der Waals surface area contributed by atoms with Gasteiger partial charge in [-0.15, -0.1) is 0 Å². The molecule has 106 valence electrons. The molecule has 1 atom stereocenters. The molecule has 0 aromatic carbocycles. The maximum absolute atomic E-state index is 11.6. The summed E-state index contributed by atoms with van der Waals surface area (Å²) in [5, 5.41) is 18.6. The van der Waals surface area contributed by atoms with Crippen LogP contribution >= 0.6 is 11.3 Å². The van der Waals surface area contributed by atoms with Crippen LogP contribution in [0.25, 0.3) is 0 Å². The van der Waals surface area contributed by atoms with Crippen molar-refractivity contribution in [1.82, 2.24) is 10.6 Å². The summed E-state index contributed by atoms with van der Waals surface area (Å²) in [7, 11) is 0. The second-order valence-corrected chi connectivity index (χ2v) is 5.76. The smallest absolute Gasteiger partial charge is 0.252 e. The SMILES string of the molecule is CC(C)C(C)(O)CNC(=O)CNC(=O)c1ccsc1. The van der Waals surface area contributed by atoms with Gasteiger partial charge in [0.1, 0.15) is 0 Å². The lowest BCUT2D eigenvalue weighted by Crippen LogP contribution is -2.47. The van der Waals surface area contributed by atoms with Gasteiger partial charge >= 0.3 is 0 Å². The van der Waals surface area contributed by atoms with Crippen LogP contribution in [0.1, 0.15) is 31.1 Å². The first-order chi connectivity index (χ1) is 8.83. The molecular weight excluding hydrogens is 264 g/mol. The van der Waals surface area contributed by atoms with Gasteiger partial charge in [-0.2, -0.15) is 11.3 Å². The fourth-order valence-corrected chi connectivity index (χ4v) is 1.84. The van der Waals surface area contributed by atoms with Gasteiger partial charge in [-0.25, -0.2) is 0 Å². The minimum Gasteiger partial charge on any atom is -0.388 e. The van der Waals surface area contributed by atoms with Crippen LogP contribution in [0.4, 0.5) is 0 Å². The lowest BCUT2D eigenvalue weighted by atomic mass is 9.92. The van der Waals surface area contributed by atoms with Crippen LogP contribution < -0.4 is 10.6 Å². The topological polar surface area (TPSA) is 78.4 Å². The van der Waals surface area contributed by atoms with Crippen LogP contribution in [0.3, 0.4) is 0 Å². The van der Waals surface area contributed by atoms with Crippen LogP contribution in [0.2, 0.25) is 0 Å². The fourth-order valence-electron chi connectivity index (χ4n) is 1.20. The summed E-state index contributed by atoms with van der Waals surface area (Å²) < 4.78 is 0. The monoisotopic (exact) mass is 284 g/mol. The average Bonchev–Trinajstić information content (AvgIpc) is 2.87. The number of nitrogens with one attached hydrogen (secondary N) is 2. The number of hydrogen-bond acceptors (Lipinski definition) is 4. The molecule has 0 saturated heterocycles. The third kappa shape index (κ3) is 5.00.